The van der Waals surface area contributed by atoms with Gasteiger partial charge < -0.3 is 5.32 Å². The molecule has 0 radical (unpaired) electrons. The minimum atomic E-state index is 0.507. The van der Waals surface area contributed by atoms with Crippen LogP contribution in [0, 0.1) is 0 Å². The Morgan fingerprint density at radius 2 is 2.38 bits per heavy atom. The van der Waals surface area contributed by atoms with Crippen LogP contribution in [-0.2, 0) is 13.0 Å². The third-order valence-electron chi connectivity index (χ3n) is 2.64. The number of hydrogen-bond acceptors (Lipinski definition) is 4. The molecule has 1 rings (SSSR count). The Balaban J connectivity index is 2.51. The van der Waals surface area contributed by atoms with Crippen LogP contribution in [-0.4, -0.2) is 39.9 Å². The first-order chi connectivity index (χ1) is 7.81. The van der Waals surface area contributed by atoms with Crippen molar-refractivity contribution in [2.24, 2.45) is 0 Å². The molecule has 1 unspecified atom stereocenters. The van der Waals surface area contributed by atoms with Crippen molar-refractivity contribution in [2.75, 3.05) is 19.1 Å². The van der Waals surface area contributed by atoms with Gasteiger partial charge >= 0.3 is 0 Å². The molecule has 0 spiro atoms. The fraction of sp³-hybridized carbons (Fsp3) is 0.818. The van der Waals surface area contributed by atoms with Gasteiger partial charge in [0.2, 0.25) is 0 Å². The normalized spacial score (nSPS) is 12.9. The van der Waals surface area contributed by atoms with E-state index in [1.807, 2.05) is 23.5 Å². The van der Waals surface area contributed by atoms with E-state index in [2.05, 4.69) is 28.6 Å². The van der Waals surface area contributed by atoms with Crippen molar-refractivity contribution in [2.45, 2.75) is 38.8 Å². The van der Waals surface area contributed by atoms with Gasteiger partial charge in [-0.1, -0.05) is 6.92 Å². The maximum Gasteiger partial charge on any atom is 0.138 e. The van der Waals surface area contributed by atoms with Crippen molar-refractivity contribution in [3.05, 3.63) is 12.2 Å². The SMILES string of the molecule is CCCn1ncnc1CC(CCSC)NC. The van der Waals surface area contributed by atoms with Crippen LogP contribution in [0.3, 0.4) is 0 Å². The van der Waals surface area contributed by atoms with Gasteiger partial charge in [0.05, 0.1) is 0 Å². The van der Waals surface area contributed by atoms with Crippen molar-refractivity contribution in [1.82, 2.24) is 20.1 Å². The lowest BCUT2D eigenvalue weighted by atomic mass is 10.1. The van der Waals surface area contributed by atoms with E-state index in [4.69, 9.17) is 0 Å². The molecule has 0 saturated heterocycles. The molecular formula is C11H22N4S. The highest BCUT2D eigenvalue weighted by molar-refractivity contribution is 7.98. The molecule has 0 aliphatic heterocycles. The zero-order chi connectivity index (χ0) is 11.8. The first-order valence-electron chi connectivity index (χ1n) is 5.84. The zero-order valence-corrected chi connectivity index (χ0v) is 11.3. The first kappa shape index (κ1) is 13.5. The Labute approximate surface area is 102 Å². The highest BCUT2D eigenvalue weighted by Gasteiger charge is 2.11. The predicted octanol–water partition coefficient (Wildman–Crippen LogP) is 1.57. The number of aryl methyl sites for hydroxylation is 1. The molecule has 92 valence electrons. The second-order valence-corrected chi connectivity index (χ2v) is 4.86. The average Bonchev–Trinajstić information content (AvgIpc) is 2.72. The summed E-state index contributed by atoms with van der Waals surface area (Å²) in [6, 6.07) is 0.507. The standard InChI is InChI=1S/C11H22N4S/c1-4-6-15-11(13-9-14-15)8-10(12-2)5-7-16-3/h9-10,12H,4-8H2,1-3H3. The van der Waals surface area contributed by atoms with Gasteiger partial charge in [-0.05, 0) is 31.9 Å². The summed E-state index contributed by atoms with van der Waals surface area (Å²) in [7, 11) is 2.02. The van der Waals surface area contributed by atoms with E-state index in [0.29, 0.717) is 6.04 Å². The van der Waals surface area contributed by atoms with Gasteiger partial charge in [-0.25, -0.2) is 4.98 Å². The van der Waals surface area contributed by atoms with E-state index in [-0.39, 0.29) is 0 Å². The molecule has 1 heterocycles. The van der Waals surface area contributed by atoms with Gasteiger partial charge in [0.15, 0.2) is 0 Å². The van der Waals surface area contributed by atoms with Crippen LogP contribution in [0.4, 0.5) is 0 Å². The van der Waals surface area contributed by atoms with Crippen LogP contribution in [0.25, 0.3) is 0 Å². The maximum absolute atomic E-state index is 4.34. The van der Waals surface area contributed by atoms with Crippen molar-refractivity contribution in [3.8, 4) is 0 Å². The van der Waals surface area contributed by atoms with Gasteiger partial charge in [0.25, 0.3) is 0 Å². The summed E-state index contributed by atoms with van der Waals surface area (Å²) >= 11 is 1.89. The molecule has 0 aromatic carbocycles. The topological polar surface area (TPSA) is 42.7 Å². The summed E-state index contributed by atoms with van der Waals surface area (Å²) in [5, 5.41) is 7.60. The smallest absolute Gasteiger partial charge is 0.138 e. The van der Waals surface area contributed by atoms with Gasteiger partial charge in [0.1, 0.15) is 12.2 Å². The molecule has 0 aliphatic rings. The number of nitrogens with zero attached hydrogens (tertiary/aromatic N) is 3. The monoisotopic (exact) mass is 242 g/mol. The lowest BCUT2D eigenvalue weighted by Crippen LogP contribution is -2.29. The Morgan fingerprint density at radius 1 is 1.56 bits per heavy atom. The van der Waals surface area contributed by atoms with Crippen LogP contribution >= 0.6 is 11.8 Å². The van der Waals surface area contributed by atoms with Crippen LogP contribution in [0.2, 0.25) is 0 Å². The summed E-state index contributed by atoms with van der Waals surface area (Å²) in [4.78, 5) is 4.34. The van der Waals surface area contributed by atoms with E-state index in [0.717, 1.165) is 25.2 Å². The molecule has 1 atom stereocenters. The second-order valence-electron chi connectivity index (χ2n) is 3.87. The second kappa shape index (κ2) is 7.68. The first-order valence-corrected chi connectivity index (χ1v) is 7.24. The fourth-order valence-electron chi connectivity index (χ4n) is 1.67. The Kier molecular flexibility index (Phi) is 6.49. The molecule has 1 aromatic heterocycles. The minimum Gasteiger partial charge on any atom is -0.317 e. The van der Waals surface area contributed by atoms with E-state index in [1.54, 1.807) is 6.33 Å². The average molecular weight is 242 g/mol. The third-order valence-corrected chi connectivity index (χ3v) is 3.28. The Morgan fingerprint density at radius 3 is 3.00 bits per heavy atom. The molecule has 0 aliphatic carbocycles. The van der Waals surface area contributed by atoms with Crippen molar-refractivity contribution < 1.29 is 0 Å². The maximum atomic E-state index is 4.34. The minimum absolute atomic E-state index is 0.507. The van der Waals surface area contributed by atoms with E-state index >= 15 is 0 Å². The van der Waals surface area contributed by atoms with E-state index in [9.17, 15) is 0 Å². The molecule has 0 bridgehead atoms. The van der Waals surface area contributed by atoms with Gasteiger partial charge in [0, 0.05) is 19.0 Å². The molecular weight excluding hydrogens is 220 g/mol. The summed E-state index contributed by atoms with van der Waals surface area (Å²) in [6.07, 6.45) is 7.05. The van der Waals surface area contributed by atoms with Crippen LogP contribution in [0.5, 0.6) is 0 Å². The number of aromatic nitrogens is 3. The summed E-state index contributed by atoms with van der Waals surface area (Å²) < 4.78 is 2.02. The molecule has 0 fully saturated rings. The largest absolute Gasteiger partial charge is 0.317 e. The summed E-state index contributed by atoms with van der Waals surface area (Å²) in [6.45, 7) is 3.13. The molecule has 0 saturated carbocycles. The van der Waals surface area contributed by atoms with Gasteiger partial charge in [-0.15, -0.1) is 0 Å². The van der Waals surface area contributed by atoms with Crippen molar-refractivity contribution in [3.63, 3.8) is 0 Å². The van der Waals surface area contributed by atoms with Crippen LogP contribution in [0.1, 0.15) is 25.6 Å². The molecule has 5 heteroatoms. The Hall–Kier alpha value is -0.550. The predicted molar refractivity (Wildman–Crippen MR) is 69.9 cm³/mol. The van der Waals surface area contributed by atoms with E-state index < -0.39 is 0 Å². The number of likely N-dealkylation sites (N-methyl/N-ethyl adjacent to an activating group) is 1. The third kappa shape index (κ3) is 4.14. The summed E-state index contributed by atoms with van der Waals surface area (Å²) in [5.74, 6) is 2.29. The lowest BCUT2D eigenvalue weighted by Gasteiger charge is -2.15. The number of nitrogens with one attached hydrogen (secondary N) is 1. The molecule has 4 nitrogen and oxygen atoms in total. The number of hydrogen-bond donors (Lipinski definition) is 1. The molecule has 1 aromatic rings. The zero-order valence-electron chi connectivity index (χ0n) is 10.4. The quantitative estimate of drug-likeness (QED) is 0.751. The van der Waals surface area contributed by atoms with E-state index in [1.165, 1.54) is 12.2 Å². The fourth-order valence-corrected chi connectivity index (χ4v) is 2.19. The molecule has 1 N–H and O–H groups in total. The van der Waals surface area contributed by atoms with Crippen LogP contribution in [0.15, 0.2) is 6.33 Å². The lowest BCUT2D eigenvalue weighted by molar-refractivity contribution is 0.496. The number of thioether (sulfide) groups is 1. The van der Waals surface area contributed by atoms with Crippen molar-refractivity contribution >= 4 is 11.8 Å². The van der Waals surface area contributed by atoms with Gasteiger partial charge in [-0.3, -0.25) is 4.68 Å². The van der Waals surface area contributed by atoms with Crippen molar-refractivity contribution in [1.29, 1.82) is 0 Å². The summed E-state index contributed by atoms with van der Waals surface area (Å²) in [5.41, 5.74) is 0. The highest BCUT2D eigenvalue weighted by atomic mass is 32.2. The molecule has 16 heavy (non-hydrogen) atoms. The van der Waals surface area contributed by atoms with Gasteiger partial charge in [-0.2, -0.15) is 16.9 Å². The Bertz CT molecular complexity index is 287. The van der Waals surface area contributed by atoms with Crippen LogP contribution < -0.4 is 5.32 Å². The molecule has 0 amide bonds. The highest BCUT2D eigenvalue weighted by Crippen LogP contribution is 2.06. The number of rotatable bonds is 8.